The Morgan fingerprint density at radius 3 is 2.60 bits per heavy atom. The van der Waals surface area contributed by atoms with E-state index in [2.05, 4.69) is 11.9 Å². The Balaban J connectivity index is 1.78. The first-order valence-electron chi connectivity index (χ1n) is 6.23. The lowest BCUT2D eigenvalue weighted by molar-refractivity contribution is 0.148. The summed E-state index contributed by atoms with van der Waals surface area (Å²) >= 11 is 0. The monoisotopic (exact) mass is 212 g/mol. The average Bonchev–Trinajstić information content (AvgIpc) is 2.55. The third-order valence-corrected chi connectivity index (χ3v) is 4.33. The molecule has 2 unspecified atom stereocenters. The van der Waals surface area contributed by atoms with E-state index in [-0.39, 0.29) is 12.1 Å². The van der Waals surface area contributed by atoms with Gasteiger partial charge in [0, 0.05) is 18.1 Å². The van der Waals surface area contributed by atoms with Gasteiger partial charge in [0.2, 0.25) is 0 Å². The van der Waals surface area contributed by atoms with Crippen molar-refractivity contribution >= 4 is 0 Å². The Morgan fingerprint density at radius 2 is 2.13 bits per heavy atom. The van der Waals surface area contributed by atoms with Crippen LogP contribution in [0.1, 0.15) is 38.5 Å². The molecule has 0 aromatic rings. The molecule has 2 saturated carbocycles. The molecular formula is C12H24N2O. The normalized spacial score (nSPS) is 37.2. The second-order valence-corrected chi connectivity index (χ2v) is 5.65. The van der Waals surface area contributed by atoms with Crippen LogP contribution in [0, 0.1) is 5.92 Å². The first-order chi connectivity index (χ1) is 7.13. The molecule has 2 aliphatic carbocycles. The predicted octanol–water partition coefficient (Wildman–Crippen LogP) is 0.961. The van der Waals surface area contributed by atoms with Gasteiger partial charge in [-0.15, -0.1) is 0 Å². The van der Waals surface area contributed by atoms with E-state index in [1.165, 1.54) is 25.8 Å². The Hall–Kier alpha value is -0.120. The molecule has 0 heterocycles. The first kappa shape index (κ1) is 11.4. The number of nitrogens with two attached hydrogens (primary N) is 1. The standard InChI is InChI=1S/C12H24N2O/c1-14(8-10-3-2-4-10)11-5-6-12(13,7-11)9-15/h10-11,15H,2-9,13H2,1H3. The minimum absolute atomic E-state index is 0.140. The third-order valence-electron chi connectivity index (χ3n) is 4.33. The van der Waals surface area contributed by atoms with Gasteiger partial charge in [-0.1, -0.05) is 6.42 Å². The number of rotatable bonds is 4. The molecule has 0 saturated heterocycles. The van der Waals surface area contributed by atoms with Crippen molar-refractivity contribution in [2.24, 2.45) is 11.7 Å². The maximum absolute atomic E-state index is 9.22. The maximum atomic E-state index is 9.22. The van der Waals surface area contributed by atoms with Crippen LogP contribution in [0.5, 0.6) is 0 Å². The molecule has 88 valence electrons. The third kappa shape index (κ3) is 2.52. The Bertz CT molecular complexity index is 218. The summed E-state index contributed by atoms with van der Waals surface area (Å²) in [6, 6.07) is 0.600. The van der Waals surface area contributed by atoms with Gasteiger partial charge < -0.3 is 15.7 Å². The van der Waals surface area contributed by atoms with Gasteiger partial charge in [-0.05, 0) is 45.1 Å². The molecule has 3 N–H and O–H groups in total. The maximum Gasteiger partial charge on any atom is 0.0611 e. The summed E-state index contributed by atoms with van der Waals surface area (Å²) in [6.07, 6.45) is 7.33. The fourth-order valence-electron chi connectivity index (χ4n) is 2.88. The fraction of sp³-hybridized carbons (Fsp3) is 1.00. The van der Waals surface area contributed by atoms with Crippen LogP contribution in [-0.2, 0) is 0 Å². The van der Waals surface area contributed by atoms with Crippen LogP contribution in [0.15, 0.2) is 0 Å². The van der Waals surface area contributed by atoms with Gasteiger partial charge in [0.25, 0.3) is 0 Å². The van der Waals surface area contributed by atoms with Gasteiger partial charge in [-0.3, -0.25) is 0 Å². The molecule has 2 aliphatic rings. The van der Waals surface area contributed by atoms with Crippen LogP contribution in [0.2, 0.25) is 0 Å². The molecule has 0 amide bonds. The molecule has 3 heteroatoms. The molecule has 3 nitrogen and oxygen atoms in total. The number of hydrogen-bond acceptors (Lipinski definition) is 3. The van der Waals surface area contributed by atoms with E-state index in [1.807, 2.05) is 0 Å². The minimum atomic E-state index is -0.293. The fourth-order valence-corrected chi connectivity index (χ4v) is 2.88. The van der Waals surface area contributed by atoms with E-state index >= 15 is 0 Å². The van der Waals surface area contributed by atoms with Crippen LogP contribution in [0.25, 0.3) is 0 Å². The lowest BCUT2D eigenvalue weighted by Gasteiger charge is -2.34. The van der Waals surface area contributed by atoms with E-state index in [4.69, 9.17) is 5.73 Å². The molecule has 0 aliphatic heterocycles. The molecule has 0 spiro atoms. The molecular weight excluding hydrogens is 188 g/mol. The van der Waals surface area contributed by atoms with E-state index in [0.29, 0.717) is 6.04 Å². The van der Waals surface area contributed by atoms with Crippen LogP contribution < -0.4 is 5.73 Å². The Morgan fingerprint density at radius 1 is 1.40 bits per heavy atom. The van der Waals surface area contributed by atoms with Crippen LogP contribution in [0.4, 0.5) is 0 Å². The first-order valence-corrected chi connectivity index (χ1v) is 6.23. The lowest BCUT2D eigenvalue weighted by atomic mass is 9.85. The van der Waals surface area contributed by atoms with Crippen LogP contribution in [0.3, 0.4) is 0 Å². The Kier molecular flexibility index (Phi) is 3.33. The summed E-state index contributed by atoms with van der Waals surface area (Å²) in [5.74, 6) is 0.928. The van der Waals surface area contributed by atoms with Crippen molar-refractivity contribution in [3.8, 4) is 0 Å². The van der Waals surface area contributed by atoms with Gasteiger partial charge >= 0.3 is 0 Å². The van der Waals surface area contributed by atoms with E-state index in [0.717, 1.165) is 25.2 Å². The number of nitrogens with zero attached hydrogens (tertiary/aromatic N) is 1. The smallest absolute Gasteiger partial charge is 0.0611 e. The lowest BCUT2D eigenvalue weighted by Crippen LogP contribution is -2.44. The predicted molar refractivity (Wildman–Crippen MR) is 61.6 cm³/mol. The molecule has 0 radical (unpaired) electrons. The average molecular weight is 212 g/mol. The van der Waals surface area contributed by atoms with Gasteiger partial charge in [-0.2, -0.15) is 0 Å². The second-order valence-electron chi connectivity index (χ2n) is 5.65. The Labute approximate surface area is 92.6 Å². The zero-order chi connectivity index (χ0) is 10.9. The van der Waals surface area contributed by atoms with Crippen LogP contribution in [-0.4, -0.2) is 41.8 Å². The summed E-state index contributed by atoms with van der Waals surface area (Å²) in [7, 11) is 2.21. The van der Waals surface area contributed by atoms with Crippen molar-refractivity contribution in [2.45, 2.75) is 50.1 Å². The van der Waals surface area contributed by atoms with Gasteiger partial charge in [0.15, 0.2) is 0 Å². The van der Waals surface area contributed by atoms with Gasteiger partial charge in [0.1, 0.15) is 0 Å². The van der Waals surface area contributed by atoms with E-state index in [1.54, 1.807) is 0 Å². The molecule has 0 aromatic carbocycles. The molecule has 2 fully saturated rings. The molecule has 0 bridgehead atoms. The van der Waals surface area contributed by atoms with Crippen molar-refractivity contribution in [1.82, 2.24) is 4.90 Å². The number of aliphatic hydroxyl groups is 1. The summed E-state index contributed by atoms with van der Waals surface area (Å²) in [5.41, 5.74) is 5.79. The minimum Gasteiger partial charge on any atom is -0.394 e. The van der Waals surface area contributed by atoms with Crippen molar-refractivity contribution in [2.75, 3.05) is 20.2 Å². The highest BCUT2D eigenvalue weighted by Crippen LogP contribution is 2.33. The highest BCUT2D eigenvalue weighted by molar-refractivity contribution is 4.96. The van der Waals surface area contributed by atoms with Crippen molar-refractivity contribution < 1.29 is 5.11 Å². The summed E-state index contributed by atoms with van der Waals surface area (Å²) in [5, 5.41) is 9.22. The summed E-state index contributed by atoms with van der Waals surface area (Å²) in [6.45, 7) is 1.37. The zero-order valence-corrected chi connectivity index (χ0v) is 9.78. The SMILES string of the molecule is CN(CC1CCC1)C1CCC(N)(CO)C1. The topological polar surface area (TPSA) is 49.5 Å². The van der Waals surface area contributed by atoms with E-state index < -0.39 is 0 Å². The summed E-state index contributed by atoms with van der Waals surface area (Å²) < 4.78 is 0. The quantitative estimate of drug-likeness (QED) is 0.730. The number of aliphatic hydroxyl groups excluding tert-OH is 1. The van der Waals surface area contributed by atoms with Gasteiger partial charge in [-0.25, -0.2) is 0 Å². The molecule has 15 heavy (non-hydrogen) atoms. The van der Waals surface area contributed by atoms with Gasteiger partial charge in [0.05, 0.1) is 6.61 Å². The van der Waals surface area contributed by atoms with E-state index in [9.17, 15) is 5.11 Å². The highest BCUT2D eigenvalue weighted by atomic mass is 16.3. The molecule has 0 aromatic heterocycles. The number of hydrogen-bond donors (Lipinski definition) is 2. The van der Waals surface area contributed by atoms with Crippen molar-refractivity contribution in [3.05, 3.63) is 0 Å². The van der Waals surface area contributed by atoms with Crippen LogP contribution >= 0.6 is 0 Å². The molecule has 2 atom stereocenters. The summed E-state index contributed by atoms with van der Waals surface area (Å²) in [4.78, 5) is 2.47. The molecule has 2 rings (SSSR count). The van der Waals surface area contributed by atoms with Crippen molar-refractivity contribution in [1.29, 1.82) is 0 Å². The second kappa shape index (κ2) is 4.40. The highest BCUT2D eigenvalue weighted by Gasteiger charge is 2.37. The zero-order valence-electron chi connectivity index (χ0n) is 9.78. The van der Waals surface area contributed by atoms with Crippen molar-refractivity contribution in [3.63, 3.8) is 0 Å². The largest absolute Gasteiger partial charge is 0.394 e.